The minimum Gasteiger partial charge on any atom is -0.462 e. The highest BCUT2D eigenvalue weighted by molar-refractivity contribution is 9.10. The van der Waals surface area contributed by atoms with Crippen LogP contribution in [-0.4, -0.2) is 35.9 Å². The number of aromatic amines is 1. The number of H-pyrrole nitrogens is 1. The van der Waals surface area contributed by atoms with Crippen LogP contribution in [0.15, 0.2) is 28.7 Å². The van der Waals surface area contributed by atoms with E-state index >= 15 is 0 Å². The molecule has 0 spiro atoms. The van der Waals surface area contributed by atoms with Gasteiger partial charge in [-0.1, -0.05) is 22.0 Å². The zero-order chi connectivity index (χ0) is 18.6. The van der Waals surface area contributed by atoms with Crippen molar-refractivity contribution in [3.63, 3.8) is 0 Å². The molecule has 0 saturated heterocycles. The van der Waals surface area contributed by atoms with E-state index in [2.05, 4.69) is 20.9 Å². The Morgan fingerprint density at radius 3 is 2.48 bits per heavy atom. The van der Waals surface area contributed by atoms with Gasteiger partial charge in [-0.3, -0.25) is 4.79 Å². The van der Waals surface area contributed by atoms with Gasteiger partial charge in [0.15, 0.2) is 6.61 Å². The topological polar surface area (TPSA) is 85.5 Å². The van der Waals surface area contributed by atoms with Crippen LogP contribution in [0.4, 0.5) is 0 Å². The molecule has 2 aromatic rings. The van der Waals surface area contributed by atoms with Crippen molar-refractivity contribution < 1.29 is 23.9 Å². The summed E-state index contributed by atoms with van der Waals surface area (Å²) in [6.07, 6.45) is 0. The van der Waals surface area contributed by atoms with Gasteiger partial charge in [-0.25, -0.2) is 9.59 Å². The Labute approximate surface area is 153 Å². The van der Waals surface area contributed by atoms with Gasteiger partial charge in [-0.05, 0) is 44.5 Å². The number of Topliss-reactive ketones (excluding diaryl/α,β-unsaturated/α-hetero) is 1. The second kappa shape index (κ2) is 8.11. The molecule has 0 unspecified atom stereocenters. The van der Waals surface area contributed by atoms with E-state index in [9.17, 15) is 14.4 Å². The molecule has 0 bridgehead atoms. The Kier molecular flexibility index (Phi) is 6.14. The highest BCUT2D eigenvalue weighted by Gasteiger charge is 2.23. The van der Waals surface area contributed by atoms with E-state index in [1.807, 2.05) is 0 Å². The SMILES string of the molecule is CCOC(=O)c1c(C)[nH]c(C(=O)COC(=O)c2cccc(Br)c2)c1C. The highest BCUT2D eigenvalue weighted by Crippen LogP contribution is 2.20. The molecular weight excluding hydrogens is 390 g/mol. The number of esters is 2. The van der Waals surface area contributed by atoms with Crippen LogP contribution in [0.2, 0.25) is 0 Å². The monoisotopic (exact) mass is 407 g/mol. The average molecular weight is 408 g/mol. The molecule has 2 rings (SSSR count). The minimum absolute atomic E-state index is 0.239. The van der Waals surface area contributed by atoms with Crippen molar-refractivity contribution in [2.75, 3.05) is 13.2 Å². The van der Waals surface area contributed by atoms with E-state index in [1.165, 1.54) is 0 Å². The fourth-order valence-corrected chi connectivity index (χ4v) is 2.84. The normalized spacial score (nSPS) is 10.4. The highest BCUT2D eigenvalue weighted by atomic mass is 79.9. The number of hydrogen-bond acceptors (Lipinski definition) is 5. The van der Waals surface area contributed by atoms with E-state index in [-0.39, 0.29) is 12.3 Å². The fraction of sp³-hybridized carbons (Fsp3) is 0.278. The van der Waals surface area contributed by atoms with Gasteiger partial charge in [0.2, 0.25) is 5.78 Å². The summed E-state index contributed by atoms with van der Waals surface area (Å²) in [6, 6.07) is 6.69. The smallest absolute Gasteiger partial charge is 0.340 e. The van der Waals surface area contributed by atoms with Crippen molar-refractivity contribution in [1.29, 1.82) is 0 Å². The lowest BCUT2D eigenvalue weighted by Crippen LogP contribution is -2.15. The Morgan fingerprint density at radius 2 is 1.84 bits per heavy atom. The summed E-state index contributed by atoms with van der Waals surface area (Å²) in [5.74, 6) is -1.50. The number of ether oxygens (including phenoxy) is 2. The van der Waals surface area contributed by atoms with Crippen LogP contribution in [0.5, 0.6) is 0 Å². The van der Waals surface area contributed by atoms with Gasteiger partial charge in [0.05, 0.1) is 23.4 Å². The van der Waals surface area contributed by atoms with Crippen LogP contribution in [-0.2, 0) is 9.47 Å². The molecule has 1 aromatic carbocycles. The summed E-state index contributed by atoms with van der Waals surface area (Å²) in [5, 5.41) is 0. The van der Waals surface area contributed by atoms with Crippen LogP contribution in [0.1, 0.15) is 49.4 Å². The maximum Gasteiger partial charge on any atom is 0.340 e. The number of carbonyl (C=O) groups excluding carboxylic acids is 3. The van der Waals surface area contributed by atoms with Crippen molar-refractivity contribution in [3.8, 4) is 0 Å². The number of carbonyl (C=O) groups is 3. The van der Waals surface area contributed by atoms with Gasteiger partial charge in [0.1, 0.15) is 0 Å². The first kappa shape index (κ1) is 18.9. The number of aryl methyl sites for hydroxylation is 1. The molecule has 1 N–H and O–H groups in total. The Balaban J connectivity index is 2.10. The first-order chi connectivity index (χ1) is 11.8. The molecule has 6 nitrogen and oxygen atoms in total. The van der Waals surface area contributed by atoms with Gasteiger partial charge in [-0.2, -0.15) is 0 Å². The third-order valence-corrected chi connectivity index (χ3v) is 4.08. The zero-order valence-corrected chi connectivity index (χ0v) is 15.7. The summed E-state index contributed by atoms with van der Waals surface area (Å²) in [6.45, 7) is 4.87. The second-order valence-electron chi connectivity index (χ2n) is 5.36. The molecule has 0 radical (unpaired) electrons. The number of halogens is 1. The summed E-state index contributed by atoms with van der Waals surface area (Å²) in [7, 11) is 0. The van der Waals surface area contributed by atoms with Crippen molar-refractivity contribution in [2.45, 2.75) is 20.8 Å². The molecule has 7 heteroatoms. The molecule has 0 fully saturated rings. The predicted molar refractivity (Wildman–Crippen MR) is 95.0 cm³/mol. The molecular formula is C18H18BrNO5. The molecule has 1 heterocycles. The number of ketones is 1. The van der Waals surface area contributed by atoms with Crippen molar-refractivity contribution in [1.82, 2.24) is 4.98 Å². The lowest BCUT2D eigenvalue weighted by atomic mass is 10.1. The maximum absolute atomic E-state index is 12.3. The van der Waals surface area contributed by atoms with Gasteiger partial charge < -0.3 is 14.5 Å². The average Bonchev–Trinajstić information content (AvgIpc) is 2.87. The zero-order valence-electron chi connectivity index (χ0n) is 14.1. The molecule has 0 atom stereocenters. The molecule has 0 amide bonds. The van der Waals surface area contributed by atoms with Crippen LogP contribution in [0, 0.1) is 13.8 Å². The molecule has 132 valence electrons. The van der Waals surface area contributed by atoms with E-state index in [0.717, 1.165) is 4.47 Å². The first-order valence-corrected chi connectivity index (χ1v) is 8.46. The van der Waals surface area contributed by atoms with Gasteiger partial charge in [-0.15, -0.1) is 0 Å². The van der Waals surface area contributed by atoms with Gasteiger partial charge >= 0.3 is 11.9 Å². The summed E-state index contributed by atoms with van der Waals surface area (Å²) >= 11 is 3.27. The molecule has 0 aliphatic carbocycles. The van der Waals surface area contributed by atoms with E-state index in [4.69, 9.17) is 9.47 Å². The van der Waals surface area contributed by atoms with Gasteiger partial charge in [0.25, 0.3) is 0 Å². The summed E-state index contributed by atoms with van der Waals surface area (Å²) < 4.78 is 10.8. The number of hydrogen-bond donors (Lipinski definition) is 1. The van der Waals surface area contributed by atoms with E-state index in [1.54, 1.807) is 45.0 Å². The quantitative estimate of drug-likeness (QED) is 0.583. The van der Waals surface area contributed by atoms with Crippen LogP contribution in [0.3, 0.4) is 0 Å². The minimum atomic E-state index is -0.596. The first-order valence-electron chi connectivity index (χ1n) is 7.67. The van der Waals surface area contributed by atoms with Crippen molar-refractivity contribution >= 4 is 33.7 Å². The third-order valence-electron chi connectivity index (χ3n) is 3.59. The maximum atomic E-state index is 12.3. The van der Waals surface area contributed by atoms with Crippen LogP contribution >= 0.6 is 15.9 Å². The Morgan fingerprint density at radius 1 is 1.12 bits per heavy atom. The van der Waals surface area contributed by atoms with Crippen molar-refractivity contribution in [3.05, 3.63) is 56.8 Å². The standard InChI is InChI=1S/C18H18BrNO5/c1-4-24-18(23)15-10(2)16(20-11(15)3)14(21)9-25-17(22)12-6-5-7-13(19)8-12/h5-8,20H,4,9H2,1-3H3. The van der Waals surface area contributed by atoms with Gasteiger partial charge in [0, 0.05) is 10.2 Å². The number of nitrogens with one attached hydrogen (secondary N) is 1. The van der Waals surface area contributed by atoms with Crippen LogP contribution < -0.4 is 0 Å². The predicted octanol–water partition coefficient (Wildman–Crippen LogP) is 3.61. The fourth-order valence-electron chi connectivity index (χ4n) is 2.44. The van der Waals surface area contributed by atoms with Crippen molar-refractivity contribution in [2.24, 2.45) is 0 Å². The Bertz CT molecular complexity index is 825. The molecule has 25 heavy (non-hydrogen) atoms. The molecule has 0 saturated carbocycles. The Hall–Kier alpha value is -2.41. The lowest BCUT2D eigenvalue weighted by Gasteiger charge is -2.05. The summed E-state index contributed by atoms with van der Waals surface area (Å²) in [4.78, 5) is 39.2. The summed E-state index contributed by atoms with van der Waals surface area (Å²) in [5.41, 5.74) is 1.94. The third kappa shape index (κ3) is 4.36. The second-order valence-corrected chi connectivity index (χ2v) is 6.27. The number of aromatic nitrogens is 1. The molecule has 0 aliphatic rings. The lowest BCUT2D eigenvalue weighted by molar-refractivity contribution is 0.0472. The van der Waals surface area contributed by atoms with E-state index < -0.39 is 24.3 Å². The molecule has 1 aromatic heterocycles. The van der Waals surface area contributed by atoms with Crippen LogP contribution in [0.25, 0.3) is 0 Å². The molecule has 0 aliphatic heterocycles. The number of benzene rings is 1. The van der Waals surface area contributed by atoms with E-state index in [0.29, 0.717) is 22.4 Å². The number of rotatable bonds is 6. The largest absolute Gasteiger partial charge is 0.462 e.